The Morgan fingerprint density at radius 3 is 2.37 bits per heavy atom. The van der Waals surface area contributed by atoms with Crippen LogP contribution in [0.1, 0.15) is 10.4 Å². The van der Waals surface area contributed by atoms with Crippen molar-refractivity contribution < 1.29 is 13.2 Å². The van der Waals surface area contributed by atoms with Crippen LogP contribution in [0.3, 0.4) is 0 Å². The number of nitrogens with one attached hydrogen (secondary N) is 1. The zero-order valence-electron chi connectivity index (χ0n) is 10.2. The van der Waals surface area contributed by atoms with Crippen molar-refractivity contribution in [2.24, 2.45) is 0 Å². The van der Waals surface area contributed by atoms with Crippen molar-refractivity contribution in [3.63, 3.8) is 0 Å². The summed E-state index contributed by atoms with van der Waals surface area (Å²) in [6, 6.07) is 9.35. The lowest BCUT2D eigenvalue weighted by Crippen LogP contribution is -2.15. The Bertz CT molecular complexity index is 697. The highest BCUT2D eigenvalue weighted by Crippen LogP contribution is 2.17. The number of pyridine rings is 1. The fraction of sp³-hybridized carbons (Fsp3) is 0.0769. The molecule has 0 fully saturated rings. The first kappa shape index (κ1) is 13.2. The maximum atomic E-state index is 12.1. The summed E-state index contributed by atoms with van der Waals surface area (Å²) >= 11 is 0. The fourth-order valence-electron chi connectivity index (χ4n) is 1.61. The summed E-state index contributed by atoms with van der Waals surface area (Å²) in [5.74, 6) is -0.466. The number of anilines is 1. The molecule has 19 heavy (non-hydrogen) atoms. The van der Waals surface area contributed by atoms with Crippen molar-refractivity contribution in [3.05, 3.63) is 54.4 Å². The van der Waals surface area contributed by atoms with Gasteiger partial charge >= 0.3 is 0 Å². The summed E-state index contributed by atoms with van der Waals surface area (Å²) in [5.41, 5.74) is 0.685. The van der Waals surface area contributed by atoms with E-state index >= 15 is 0 Å². The van der Waals surface area contributed by atoms with Crippen LogP contribution in [-0.4, -0.2) is 25.6 Å². The lowest BCUT2D eigenvalue weighted by molar-refractivity contribution is 0.102. The molecule has 2 rings (SSSR count). The monoisotopic (exact) mass is 276 g/mol. The topological polar surface area (TPSA) is 76.1 Å². The van der Waals surface area contributed by atoms with Gasteiger partial charge in [0.05, 0.1) is 10.5 Å². The van der Waals surface area contributed by atoms with Gasteiger partial charge in [-0.1, -0.05) is 12.1 Å². The van der Waals surface area contributed by atoms with Crippen LogP contribution in [0.4, 0.5) is 5.69 Å². The third-order valence-corrected chi connectivity index (χ3v) is 3.62. The molecular formula is C13H12N2O3S. The highest BCUT2D eigenvalue weighted by atomic mass is 32.2. The number of carbonyl (C=O) groups is 1. The van der Waals surface area contributed by atoms with Crippen LogP contribution >= 0.6 is 0 Å². The van der Waals surface area contributed by atoms with Crippen LogP contribution < -0.4 is 5.32 Å². The summed E-state index contributed by atoms with van der Waals surface area (Å²) in [4.78, 5) is 15.9. The van der Waals surface area contributed by atoms with Crippen molar-refractivity contribution in [3.8, 4) is 0 Å². The van der Waals surface area contributed by atoms with Crippen LogP contribution in [0, 0.1) is 0 Å². The van der Waals surface area contributed by atoms with Gasteiger partial charge in [-0.05, 0) is 24.3 Å². The Morgan fingerprint density at radius 1 is 1.11 bits per heavy atom. The zero-order chi connectivity index (χ0) is 13.9. The Hall–Kier alpha value is -2.21. The molecule has 0 saturated heterocycles. The van der Waals surface area contributed by atoms with Crippen LogP contribution in [0.2, 0.25) is 0 Å². The van der Waals surface area contributed by atoms with E-state index in [0.29, 0.717) is 5.69 Å². The Kier molecular flexibility index (Phi) is 3.62. The summed E-state index contributed by atoms with van der Waals surface area (Å²) in [7, 11) is -3.44. The highest BCUT2D eigenvalue weighted by Gasteiger charge is 2.17. The maximum Gasteiger partial charge on any atom is 0.256 e. The molecule has 6 heteroatoms. The van der Waals surface area contributed by atoms with E-state index in [1.54, 1.807) is 24.3 Å². The molecule has 1 heterocycles. The van der Waals surface area contributed by atoms with E-state index in [9.17, 15) is 13.2 Å². The normalized spacial score (nSPS) is 11.0. The third kappa shape index (κ3) is 3.17. The van der Waals surface area contributed by atoms with E-state index in [-0.39, 0.29) is 10.5 Å². The smallest absolute Gasteiger partial charge is 0.256 e. The second-order valence-corrected chi connectivity index (χ2v) is 5.94. The molecular weight excluding hydrogens is 264 g/mol. The Labute approximate surface area is 111 Å². The summed E-state index contributed by atoms with van der Waals surface area (Å²) < 4.78 is 23.2. The molecule has 0 atom stereocenters. The van der Waals surface area contributed by atoms with E-state index in [2.05, 4.69) is 10.3 Å². The lowest BCUT2D eigenvalue weighted by atomic mass is 10.2. The van der Waals surface area contributed by atoms with Crippen LogP contribution in [0.5, 0.6) is 0 Å². The molecule has 98 valence electrons. The molecule has 0 aliphatic carbocycles. The molecule has 0 spiro atoms. The second-order valence-electron chi connectivity index (χ2n) is 3.96. The molecule has 1 amide bonds. The molecule has 0 aliphatic heterocycles. The van der Waals surface area contributed by atoms with Crippen LogP contribution in [0.25, 0.3) is 0 Å². The predicted octanol–water partition coefficient (Wildman–Crippen LogP) is 1.74. The average molecular weight is 276 g/mol. The minimum Gasteiger partial charge on any atom is -0.322 e. The van der Waals surface area contributed by atoms with E-state index in [0.717, 1.165) is 6.26 Å². The van der Waals surface area contributed by atoms with E-state index in [4.69, 9.17) is 0 Å². The number of aromatic nitrogens is 1. The Morgan fingerprint density at radius 2 is 1.74 bits per heavy atom. The largest absolute Gasteiger partial charge is 0.322 e. The summed E-state index contributed by atoms with van der Waals surface area (Å²) in [6.45, 7) is 0. The first-order valence-electron chi connectivity index (χ1n) is 5.49. The lowest BCUT2D eigenvalue weighted by Gasteiger charge is -2.08. The maximum absolute atomic E-state index is 12.1. The second kappa shape index (κ2) is 5.19. The van der Waals surface area contributed by atoms with Gasteiger partial charge in [0.25, 0.3) is 5.91 Å². The number of amides is 1. The molecule has 1 aromatic carbocycles. The molecule has 5 nitrogen and oxygen atoms in total. The fourth-order valence-corrected chi connectivity index (χ4v) is 2.50. The first-order chi connectivity index (χ1) is 8.98. The molecule has 2 aromatic rings. The van der Waals surface area contributed by atoms with Gasteiger partial charge in [0.1, 0.15) is 0 Å². The van der Waals surface area contributed by atoms with Crippen molar-refractivity contribution in [1.29, 1.82) is 0 Å². The van der Waals surface area contributed by atoms with E-state index in [1.165, 1.54) is 24.5 Å². The number of benzene rings is 1. The number of hydrogen-bond donors (Lipinski definition) is 1. The van der Waals surface area contributed by atoms with E-state index < -0.39 is 15.7 Å². The third-order valence-electron chi connectivity index (χ3n) is 2.47. The van der Waals surface area contributed by atoms with Crippen molar-refractivity contribution in [1.82, 2.24) is 4.98 Å². The van der Waals surface area contributed by atoms with Gasteiger partial charge in [-0.25, -0.2) is 8.42 Å². The molecule has 1 aromatic heterocycles. The minimum absolute atomic E-state index is 0.0153. The van der Waals surface area contributed by atoms with Gasteiger partial charge in [-0.15, -0.1) is 0 Å². The molecule has 0 aliphatic rings. The van der Waals surface area contributed by atoms with E-state index in [1.807, 2.05) is 0 Å². The SMILES string of the molecule is CS(=O)(=O)c1ccccc1C(=O)Nc1ccncc1. The highest BCUT2D eigenvalue weighted by molar-refractivity contribution is 7.90. The molecule has 0 unspecified atom stereocenters. The van der Waals surface area contributed by atoms with Crippen LogP contribution in [0.15, 0.2) is 53.7 Å². The van der Waals surface area contributed by atoms with Gasteiger partial charge in [0.2, 0.25) is 0 Å². The van der Waals surface area contributed by atoms with Gasteiger partial charge in [-0.2, -0.15) is 0 Å². The van der Waals surface area contributed by atoms with Crippen molar-refractivity contribution in [2.75, 3.05) is 11.6 Å². The van der Waals surface area contributed by atoms with Crippen LogP contribution in [-0.2, 0) is 9.84 Å². The zero-order valence-corrected chi connectivity index (χ0v) is 11.0. The number of sulfone groups is 1. The number of rotatable bonds is 3. The van der Waals surface area contributed by atoms with Gasteiger partial charge in [0, 0.05) is 24.3 Å². The van der Waals surface area contributed by atoms with Gasteiger partial charge in [0.15, 0.2) is 9.84 Å². The molecule has 1 N–H and O–H groups in total. The van der Waals surface area contributed by atoms with Crippen molar-refractivity contribution in [2.45, 2.75) is 4.90 Å². The predicted molar refractivity (Wildman–Crippen MR) is 71.7 cm³/mol. The summed E-state index contributed by atoms with van der Waals surface area (Å²) in [6.07, 6.45) is 4.15. The Balaban J connectivity index is 2.35. The summed E-state index contributed by atoms with van der Waals surface area (Å²) in [5, 5.41) is 2.63. The standard InChI is InChI=1S/C13H12N2O3S/c1-19(17,18)12-5-3-2-4-11(12)13(16)15-10-6-8-14-9-7-10/h2-9H,1H3,(H,14,15,16). The molecule has 0 bridgehead atoms. The molecule has 0 radical (unpaired) electrons. The number of carbonyl (C=O) groups excluding carboxylic acids is 1. The van der Waals surface area contributed by atoms with Crippen molar-refractivity contribution >= 4 is 21.4 Å². The number of hydrogen-bond acceptors (Lipinski definition) is 4. The van der Waals surface area contributed by atoms with Gasteiger partial charge in [-0.3, -0.25) is 9.78 Å². The average Bonchev–Trinajstić information content (AvgIpc) is 2.39. The van der Waals surface area contributed by atoms with Gasteiger partial charge < -0.3 is 5.32 Å². The molecule has 0 saturated carbocycles. The first-order valence-corrected chi connectivity index (χ1v) is 7.38. The quantitative estimate of drug-likeness (QED) is 0.926. The number of nitrogens with zero attached hydrogens (tertiary/aromatic N) is 1. The minimum atomic E-state index is -3.44.